The largest absolute Gasteiger partial charge is 0.350 e. The van der Waals surface area contributed by atoms with Gasteiger partial charge in [-0.05, 0) is 49.8 Å². The van der Waals surface area contributed by atoms with Gasteiger partial charge in [0.15, 0.2) is 5.13 Å². The lowest BCUT2D eigenvalue weighted by atomic mass is 9.85. The van der Waals surface area contributed by atoms with Crippen molar-refractivity contribution >= 4 is 32.6 Å². The molecule has 1 aliphatic heterocycles. The third kappa shape index (κ3) is 5.71. The van der Waals surface area contributed by atoms with Gasteiger partial charge in [0.05, 0.1) is 16.3 Å². The van der Waals surface area contributed by atoms with E-state index >= 15 is 0 Å². The Bertz CT molecular complexity index is 869. The summed E-state index contributed by atoms with van der Waals surface area (Å²) in [5.74, 6) is -0.116. The van der Waals surface area contributed by atoms with Gasteiger partial charge in [0.25, 0.3) is 0 Å². The molecule has 1 unspecified atom stereocenters. The van der Waals surface area contributed by atoms with Crippen molar-refractivity contribution in [3.63, 3.8) is 0 Å². The minimum Gasteiger partial charge on any atom is -0.350 e. The second-order valence-corrected chi connectivity index (χ2v) is 10.5. The Balaban J connectivity index is 1.74. The van der Waals surface area contributed by atoms with Gasteiger partial charge in [-0.3, -0.25) is 4.79 Å². The third-order valence-corrected chi connectivity index (χ3v) is 6.52. The third-order valence-electron chi connectivity index (χ3n) is 5.55. The van der Waals surface area contributed by atoms with Crippen LogP contribution in [0.3, 0.4) is 0 Å². The fourth-order valence-electron chi connectivity index (χ4n) is 3.97. The SMILES string of the molecule is CCCN1CCC(C#N)(NC(=O)C(CC(C)(C)C)Nc2nc3ccccc3s2)CC1. The van der Waals surface area contributed by atoms with Crippen LogP contribution in [0.5, 0.6) is 0 Å². The second kappa shape index (κ2) is 9.32. The van der Waals surface area contributed by atoms with Crippen LogP contribution in [0.1, 0.15) is 53.4 Å². The molecule has 2 aromatic rings. The van der Waals surface area contributed by atoms with E-state index in [9.17, 15) is 10.1 Å². The first kappa shape index (κ1) is 22.5. The molecule has 1 saturated heterocycles. The molecule has 1 fully saturated rings. The Kier molecular flexibility index (Phi) is 6.99. The number of anilines is 1. The molecule has 0 aliphatic carbocycles. The molecule has 0 radical (unpaired) electrons. The van der Waals surface area contributed by atoms with Gasteiger partial charge in [0.2, 0.25) is 5.91 Å². The lowest BCUT2D eigenvalue weighted by molar-refractivity contribution is -0.124. The summed E-state index contributed by atoms with van der Waals surface area (Å²) >= 11 is 1.55. The van der Waals surface area contributed by atoms with Gasteiger partial charge in [0.1, 0.15) is 11.6 Å². The zero-order valence-electron chi connectivity index (χ0n) is 18.5. The predicted molar refractivity (Wildman–Crippen MR) is 124 cm³/mol. The molecule has 1 amide bonds. The van der Waals surface area contributed by atoms with E-state index in [1.54, 1.807) is 11.3 Å². The number of carbonyl (C=O) groups excluding carboxylic acids is 1. The lowest BCUT2D eigenvalue weighted by Crippen LogP contribution is -2.57. The van der Waals surface area contributed by atoms with Crippen molar-refractivity contribution in [1.82, 2.24) is 15.2 Å². The number of hydrogen-bond donors (Lipinski definition) is 2. The molecule has 7 heteroatoms. The standard InChI is InChI=1S/C23H33N5OS/c1-5-12-28-13-10-23(16-24,11-14-28)27-20(29)18(15-22(2,3)4)26-21-25-17-8-6-7-9-19(17)30-21/h6-9,18H,5,10-15H2,1-4H3,(H,25,26)(H,27,29). The number of piperidine rings is 1. The van der Waals surface area contributed by atoms with Crippen molar-refractivity contribution in [2.75, 3.05) is 25.0 Å². The Morgan fingerprint density at radius 2 is 2.03 bits per heavy atom. The van der Waals surface area contributed by atoms with E-state index in [1.165, 1.54) is 0 Å². The van der Waals surface area contributed by atoms with Crippen molar-refractivity contribution in [3.8, 4) is 6.07 Å². The first-order valence-electron chi connectivity index (χ1n) is 10.8. The normalized spacial score (nSPS) is 18.0. The Morgan fingerprint density at radius 1 is 1.33 bits per heavy atom. The molecular formula is C23H33N5OS. The van der Waals surface area contributed by atoms with Crippen LogP contribution < -0.4 is 10.6 Å². The number of nitrogens with zero attached hydrogens (tertiary/aromatic N) is 3. The summed E-state index contributed by atoms with van der Waals surface area (Å²) in [6.45, 7) is 11.3. The number of para-hydroxylation sites is 1. The number of hydrogen-bond acceptors (Lipinski definition) is 6. The van der Waals surface area contributed by atoms with Crippen molar-refractivity contribution in [3.05, 3.63) is 24.3 Å². The molecule has 1 atom stereocenters. The first-order chi connectivity index (χ1) is 14.2. The van der Waals surface area contributed by atoms with Crippen molar-refractivity contribution in [1.29, 1.82) is 5.26 Å². The van der Waals surface area contributed by atoms with Crippen LogP contribution >= 0.6 is 11.3 Å². The highest BCUT2D eigenvalue weighted by Crippen LogP contribution is 2.29. The van der Waals surface area contributed by atoms with Crippen LogP contribution in [-0.4, -0.2) is 47.0 Å². The monoisotopic (exact) mass is 427 g/mol. The number of likely N-dealkylation sites (tertiary alicyclic amines) is 1. The predicted octanol–water partition coefficient (Wildman–Crippen LogP) is 4.40. The van der Waals surface area contributed by atoms with Crippen molar-refractivity contribution in [2.24, 2.45) is 5.41 Å². The molecular weight excluding hydrogens is 394 g/mol. The summed E-state index contributed by atoms with van der Waals surface area (Å²) in [4.78, 5) is 20.3. The highest BCUT2D eigenvalue weighted by Gasteiger charge is 2.38. The molecule has 1 aromatic carbocycles. The van der Waals surface area contributed by atoms with Gasteiger partial charge in [0, 0.05) is 13.1 Å². The van der Waals surface area contributed by atoms with Gasteiger partial charge < -0.3 is 15.5 Å². The molecule has 3 rings (SSSR count). The maximum absolute atomic E-state index is 13.3. The van der Waals surface area contributed by atoms with Crippen LogP contribution in [0, 0.1) is 16.7 Å². The molecule has 1 aliphatic rings. The number of aromatic nitrogens is 1. The van der Waals surface area contributed by atoms with Gasteiger partial charge in [-0.25, -0.2) is 4.98 Å². The molecule has 0 spiro atoms. The number of thiazole rings is 1. The van der Waals surface area contributed by atoms with Gasteiger partial charge >= 0.3 is 0 Å². The minimum absolute atomic E-state index is 0.0456. The quantitative estimate of drug-likeness (QED) is 0.685. The fraction of sp³-hybridized carbons (Fsp3) is 0.609. The van der Waals surface area contributed by atoms with E-state index < -0.39 is 11.6 Å². The smallest absolute Gasteiger partial charge is 0.243 e. The summed E-state index contributed by atoms with van der Waals surface area (Å²) in [6, 6.07) is 9.94. The van der Waals surface area contributed by atoms with Crippen molar-refractivity contribution < 1.29 is 4.79 Å². The van der Waals surface area contributed by atoms with Gasteiger partial charge in [-0.15, -0.1) is 0 Å². The van der Waals surface area contributed by atoms with Crippen molar-refractivity contribution in [2.45, 2.75) is 65.0 Å². The molecule has 1 aromatic heterocycles. The van der Waals surface area contributed by atoms with Gasteiger partial charge in [-0.1, -0.05) is 51.2 Å². The first-order valence-corrected chi connectivity index (χ1v) is 11.6. The van der Waals surface area contributed by atoms with E-state index in [1.807, 2.05) is 24.3 Å². The Hall–Kier alpha value is -2.17. The number of amides is 1. The Morgan fingerprint density at radius 3 is 2.63 bits per heavy atom. The number of nitriles is 1. The van der Waals surface area contributed by atoms with E-state index in [-0.39, 0.29) is 11.3 Å². The maximum atomic E-state index is 13.3. The van der Waals surface area contributed by atoms with Crippen LogP contribution in [0.2, 0.25) is 0 Å². The Labute approximate surface area is 183 Å². The summed E-state index contributed by atoms with van der Waals surface area (Å²) in [5, 5.41) is 17.1. The van der Waals surface area contributed by atoms with Gasteiger partial charge in [-0.2, -0.15) is 5.26 Å². The molecule has 0 saturated carbocycles. The van der Waals surface area contributed by atoms with Crippen LogP contribution in [0.25, 0.3) is 10.2 Å². The maximum Gasteiger partial charge on any atom is 0.243 e. The highest BCUT2D eigenvalue weighted by atomic mass is 32.1. The number of fused-ring (bicyclic) bond motifs is 1. The van der Waals surface area contributed by atoms with E-state index in [4.69, 9.17) is 0 Å². The van der Waals surface area contributed by atoms with E-state index in [0.29, 0.717) is 19.3 Å². The molecule has 2 heterocycles. The van der Waals surface area contributed by atoms with Crippen LogP contribution in [-0.2, 0) is 4.79 Å². The lowest BCUT2D eigenvalue weighted by Gasteiger charge is -2.38. The number of carbonyl (C=O) groups is 1. The second-order valence-electron chi connectivity index (χ2n) is 9.47. The zero-order chi connectivity index (χ0) is 21.8. The summed E-state index contributed by atoms with van der Waals surface area (Å²) < 4.78 is 1.09. The topological polar surface area (TPSA) is 81.0 Å². The zero-order valence-corrected chi connectivity index (χ0v) is 19.3. The van der Waals surface area contributed by atoms with E-state index in [0.717, 1.165) is 41.4 Å². The number of nitrogens with one attached hydrogen (secondary N) is 2. The summed E-state index contributed by atoms with van der Waals surface area (Å²) in [6.07, 6.45) is 3.08. The molecule has 6 nitrogen and oxygen atoms in total. The summed E-state index contributed by atoms with van der Waals surface area (Å²) in [5.41, 5.74) is 0.0969. The summed E-state index contributed by atoms with van der Waals surface area (Å²) in [7, 11) is 0. The minimum atomic E-state index is -0.785. The molecule has 30 heavy (non-hydrogen) atoms. The average Bonchev–Trinajstić information content (AvgIpc) is 3.10. The molecule has 162 valence electrons. The number of rotatable bonds is 7. The number of benzene rings is 1. The molecule has 0 bridgehead atoms. The van der Waals surface area contributed by atoms with Crippen LogP contribution in [0.4, 0.5) is 5.13 Å². The molecule has 2 N–H and O–H groups in total. The van der Waals surface area contributed by atoms with Crippen LogP contribution in [0.15, 0.2) is 24.3 Å². The fourth-order valence-corrected chi connectivity index (χ4v) is 4.89. The average molecular weight is 428 g/mol. The van der Waals surface area contributed by atoms with E-state index in [2.05, 4.69) is 54.3 Å². The highest BCUT2D eigenvalue weighted by molar-refractivity contribution is 7.22.